The second kappa shape index (κ2) is 7.87. The van der Waals surface area contributed by atoms with Gasteiger partial charge in [0.1, 0.15) is 11.6 Å². The Morgan fingerprint density at radius 2 is 1.88 bits per heavy atom. The Bertz CT molecular complexity index is 624. The predicted octanol–water partition coefficient (Wildman–Crippen LogP) is 3.06. The Kier molecular flexibility index (Phi) is 6.06. The van der Waals surface area contributed by atoms with E-state index in [1.165, 1.54) is 0 Å². The van der Waals surface area contributed by atoms with Crippen LogP contribution < -0.4 is 0 Å². The molecule has 1 saturated heterocycles. The minimum Gasteiger partial charge on any atom is -0.480 e. The number of nitrogens with zero attached hydrogens (tertiary/aromatic N) is 2. The molecule has 6 heteroatoms. The van der Waals surface area contributed by atoms with E-state index in [0.29, 0.717) is 26.2 Å². The van der Waals surface area contributed by atoms with Gasteiger partial charge in [-0.2, -0.15) is 0 Å². The van der Waals surface area contributed by atoms with Gasteiger partial charge in [0.2, 0.25) is 0 Å². The molecule has 25 heavy (non-hydrogen) atoms. The number of benzene rings is 1. The Hall–Kier alpha value is -2.08. The van der Waals surface area contributed by atoms with Crippen LogP contribution in [-0.4, -0.2) is 58.7 Å². The van der Waals surface area contributed by atoms with Crippen LogP contribution >= 0.6 is 0 Å². The van der Waals surface area contributed by atoms with Gasteiger partial charge in [-0.25, -0.2) is 4.79 Å². The maximum absolute atomic E-state index is 12.3. The van der Waals surface area contributed by atoms with Crippen LogP contribution in [0, 0.1) is 6.92 Å². The number of carboxylic acid groups (broad SMARTS) is 1. The van der Waals surface area contributed by atoms with Gasteiger partial charge < -0.3 is 14.7 Å². The number of aryl methyl sites for hydroxylation is 1. The van der Waals surface area contributed by atoms with Gasteiger partial charge in [0.05, 0.1) is 0 Å². The fourth-order valence-corrected chi connectivity index (χ4v) is 3.05. The summed E-state index contributed by atoms with van der Waals surface area (Å²) in [5.41, 5.74) is 1.28. The highest BCUT2D eigenvalue weighted by molar-refractivity contribution is 5.75. The molecular formula is C19H28N2O4. The quantitative estimate of drug-likeness (QED) is 0.909. The average molecular weight is 348 g/mol. The molecule has 1 N–H and O–H groups in total. The summed E-state index contributed by atoms with van der Waals surface area (Å²) in [6.07, 6.45) is 0.381. The summed E-state index contributed by atoms with van der Waals surface area (Å²) in [6, 6.07) is 6.90. The van der Waals surface area contributed by atoms with Crippen molar-refractivity contribution >= 4 is 12.1 Å². The van der Waals surface area contributed by atoms with Crippen LogP contribution in [0.5, 0.6) is 0 Å². The number of carbonyl (C=O) groups is 2. The van der Waals surface area contributed by atoms with E-state index >= 15 is 0 Å². The Labute approximate surface area is 149 Å². The highest BCUT2D eigenvalue weighted by Gasteiger charge is 2.31. The smallest absolute Gasteiger partial charge is 0.410 e. The average Bonchev–Trinajstić information content (AvgIpc) is 2.71. The topological polar surface area (TPSA) is 70.1 Å². The summed E-state index contributed by atoms with van der Waals surface area (Å²) < 4.78 is 5.43. The van der Waals surface area contributed by atoms with Crippen molar-refractivity contribution in [3.63, 3.8) is 0 Å². The van der Waals surface area contributed by atoms with Crippen molar-refractivity contribution in [3.8, 4) is 0 Å². The molecule has 1 heterocycles. The SMILES string of the molecule is Cc1cccc([C@H](C(=O)O)N2CCCN(C(=O)OC(C)(C)C)CC2)c1. The summed E-state index contributed by atoms with van der Waals surface area (Å²) in [7, 11) is 0. The minimum atomic E-state index is -0.865. The van der Waals surface area contributed by atoms with Gasteiger partial charge in [0, 0.05) is 26.2 Å². The van der Waals surface area contributed by atoms with Crippen molar-refractivity contribution in [1.82, 2.24) is 9.80 Å². The first-order valence-corrected chi connectivity index (χ1v) is 8.69. The molecule has 6 nitrogen and oxygen atoms in total. The number of carboxylic acids is 1. The van der Waals surface area contributed by atoms with E-state index in [1.54, 1.807) is 4.90 Å². The molecule has 0 aromatic heterocycles. The zero-order valence-corrected chi connectivity index (χ0v) is 15.5. The number of amides is 1. The van der Waals surface area contributed by atoms with Crippen molar-refractivity contribution in [2.24, 2.45) is 0 Å². The summed E-state index contributed by atoms with van der Waals surface area (Å²) in [6.45, 7) is 9.65. The molecule has 0 saturated carbocycles. The summed E-state index contributed by atoms with van der Waals surface area (Å²) >= 11 is 0. The third-order valence-corrected chi connectivity index (χ3v) is 4.14. The molecule has 0 radical (unpaired) electrons. The molecule has 138 valence electrons. The van der Waals surface area contributed by atoms with E-state index in [9.17, 15) is 14.7 Å². The number of carbonyl (C=O) groups excluding carboxylic acids is 1. The molecule has 1 aliphatic rings. The summed E-state index contributed by atoms with van der Waals surface area (Å²) in [5, 5.41) is 9.74. The van der Waals surface area contributed by atoms with Gasteiger partial charge in [0.25, 0.3) is 0 Å². The van der Waals surface area contributed by atoms with Crippen LogP contribution in [0.3, 0.4) is 0 Å². The zero-order chi connectivity index (χ0) is 18.6. The first-order valence-electron chi connectivity index (χ1n) is 8.69. The second-order valence-electron chi connectivity index (χ2n) is 7.51. The maximum atomic E-state index is 12.3. The molecule has 1 amide bonds. The van der Waals surface area contributed by atoms with Crippen molar-refractivity contribution in [2.45, 2.75) is 45.8 Å². The lowest BCUT2D eigenvalue weighted by Gasteiger charge is -2.29. The van der Waals surface area contributed by atoms with E-state index in [2.05, 4.69) is 0 Å². The number of hydrogen-bond acceptors (Lipinski definition) is 4. The van der Waals surface area contributed by atoms with Crippen LogP contribution in [0.4, 0.5) is 4.79 Å². The Morgan fingerprint density at radius 1 is 1.16 bits per heavy atom. The van der Waals surface area contributed by atoms with Crippen molar-refractivity contribution in [1.29, 1.82) is 0 Å². The molecule has 1 aliphatic heterocycles. The largest absolute Gasteiger partial charge is 0.480 e. The Balaban J connectivity index is 2.10. The predicted molar refractivity (Wildman–Crippen MR) is 95.6 cm³/mol. The van der Waals surface area contributed by atoms with E-state index in [-0.39, 0.29) is 6.09 Å². The first-order chi connectivity index (χ1) is 11.7. The first kappa shape index (κ1) is 19.2. The van der Waals surface area contributed by atoms with Gasteiger partial charge in [-0.15, -0.1) is 0 Å². The lowest BCUT2D eigenvalue weighted by molar-refractivity contribution is -0.143. The lowest BCUT2D eigenvalue weighted by atomic mass is 10.0. The van der Waals surface area contributed by atoms with Crippen LogP contribution in [0.25, 0.3) is 0 Å². The van der Waals surface area contributed by atoms with Crippen molar-refractivity contribution < 1.29 is 19.4 Å². The van der Waals surface area contributed by atoms with Gasteiger partial charge in [0.15, 0.2) is 0 Å². The van der Waals surface area contributed by atoms with Crippen LogP contribution in [-0.2, 0) is 9.53 Å². The molecule has 1 aromatic rings. The van der Waals surface area contributed by atoms with Gasteiger partial charge in [-0.3, -0.25) is 9.69 Å². The number of ether oxygens (including phenoxy) is 1. The molecule has 0 aliphatic carbocycles. The second-order valence-corrected chi connectivity index (χ2v) is 7.51. The van der Waals surface area contributed by atoms with E-state index < -0.39 is 17.6 Å². The van der Waals surface area contributed by atoms with Crippen LogP contribution in [0.2, 0.25) is 0 Å². The molecular weight excluding hydrogens is 320 g/mol. The van der Waals surface area contributed by atoms with E-state index in [0.717, 1.165) is 17.5 Å². The van der Waals surface area contributed by atoms with Gasteiger partial charge in [-0.05, 0) is 39.7 Å². The molecule has 0 bridgehead atoms. The summed E-state index contributed by atoms with van der Waals surface area (Å²) in [5.74, 6) is -0.865. The van der Waals surface area contributed by atoms with E-state index in [1.807, 2.05) is 56.9 Å². The highest BCUT2D eigenvalue weighted by atomic mass is 16.6. The molecule has 1 fully saturated rings. The number of rotatable bonds is 3. The third-order valence-electron chi connectivity index (χ3n) is 4.14. The van der Waals surface area contributed by atoms with Gasteiger partial charge >= 0.3 is 12.1 Å². The van der Waals surface area contributed by atoms with Gasteiger partial charge in [-0.1, -0.05) is 29.8 Å². The third kappa shape index (κ3) is 5.46. The van der Waals surface area contributed by atoms with Crippen molar-refractivity contribution in [3.05, 3.63) is 35.4 Å². The zero-order valence-electron chi connectivity index (χ0n) is 15.5. The maximum Gasteiger partial charge on any atom is 0.410 e. The highest BCUT2D eigenvalue weighted by Crippen LogP contribution is 2.24. The van der Waals surface area contributed by atoms with Crippen molar-refractivity contribution in [2.75, 3.05) is 26.2 Å². The fraction of sp³-hybridized carbons (Fsp3) is 0.579. The lowest BCUT2D eigenvalue weighted by Crippen LogP contribution is -2.40. The molecule has 1 aromatic carbocycles. The minimum absolute atomic E-state index is 0.336. The molecule has 1 atom stereocenters. The van der Waals surface area contributed by atoms with E-state index in [4.69, 9.17) is 4.74 Å². The number of aliphatic carboxylic acids is 1. The molecule has 0 unspecified atom stereocenters. The molecule has 2 rings (SSSR count). The van der Waals surface area contributed by atoms with Crippen LogP contribution in [0.15, 0.2) is 24.3 Å². The number of hydrogen-bond donors (Lipinski definition) is 1. The Morgan fingerprint density at radius 3 is 2.48 bits per heavy atom. The normalized spacial score (nSPS) is 17.7. The molecule has 0 spiro atoms. The monoisotopic (exact) mass is 348 g/mol. The van der Waals surface area contributed by atoms with Crippen LogP contribution in [0.1, 0.15) is 44.4 Å². The standard InChI is InChI=1S/C19H28N2O4/c1-14-7-5-8-15(13-14)16(17(22)23)20-9-6-10-21(12-11-20)18(24)25-19(2,3)4/h5,7-8,13,16H,6,9-12H2,1-4H3,(H,22,23)/t16-/m1/s1. The summed E-state index contributed by atoms with van der Waals surface area (Å²) in [4.78, 5) is 27.7. The fourth-order valence-electron chi connectivity index (χ4n) is 3.05.